The van der Waals surface area contributed by atoms with Gasteiger partial charge in [-0.3, -0.25) is 4.79 Å². The molecule has 0 unspecified atom stereocenters. The lowest BCUT2D eigenvalue weighted by Crippen LogP contribution is -2.47. The number of piperazine rings is 1. The monoisotopic (exact) mass is 393 g/mol. The lowest BCUT2D eigenvalue weighted by Gasteiger charge is -2.36. The van der Waals surface area contributed by atoms with Crippen molar-refractivity contribution >= 4 is 34.6 Å². The Balaban J connectivity index is 1.37. The third-order valence-electron chi connectivity index (χ3n) is 4.77. The maximum absolute atomic E-state index is 12.3. The molecule has 1 saturated heterocycles. The zero-order chi connectivity index (χ0) is 19.3. The van der Waals surface area contributed by atoms with E-state index in [0.29, 0.717) is 11.5 Å². The van der Waals surface area contributed by atoms with Crippen LogP contribution >= 0.6 is 11.8 Å². The lowest BCUT2D eigenvalue weighted by atomic mass is 10.2. The molecule has 144 valence electrons. The van der Waals surface area contributed by atoms with Gasteiger partial charge in [0.1, 0.15) is 5.75 Å². The molecule has 2 aliphatic heterocycles. The van der Waals surface area contributed by atoms with Gasteiger partial charge >= 0.3 is 0 Å². The van der Waals surface area contributed by atoms with Gasteiger partial charge in [0.2, 0.25) is 0 Å². The average molecular weight is 394 g/mol. The minimum Gasteiger partial charge on any atom is -0.494 e. The SMILES string of the molecule is CCOc1ccc(C=C2SC(N3CCN(c4ccccc4)CC3)=NC2=O)cc1. The second kappa shape index (κ2) is 8.52. The number of carbonyl (C=O) groups excluding carboxylic acids is 1. The number of thioether (sulfide) groups is 1. The largest absolute Gasteiger partial charge is 0.494 e. The molecular formula is C22H23N3O2S. The quantitative estimate of drug-likeness (QED) is 0.738. The van der Waals surface area contributed by atoms with Gasteiger partial charge in [0.05, 0.1) is 11.5 Å². The van der Waals surface area contributed by atoms with Crippen LogP contribution in [-0.4, -0.2) is 48.8 Å². The summed E-state index contributed by atoms with van der Waals surface area (Å²) in [6, 6.07) is 18.2. The Morgan fingerprint density at radius 3 is 2.36 bits per heavy atom. The van der Waals surface area contributed by atoms with Crippen LogP contribution in [-0.2, 0) is 4.79 Å². The fraction of sp³-hybridized carbons (Fsp3) is 0.273. The maximum atomic E-state index is 12.3. The Bertz CT molecular complexity index is 886. The number of rotatable bonds is 4. The topological polar surface area (TPSA) is 45.1 Å². The summed E-state index contributed by atoms with van der Waals surface area (Å²) in [4.78, 5) is 21.9. The number of ether oxygens (including phenoxy) is 1. The van der Waals surface area contributed by atoms with Crippen LogP contribution < -0.4 is 9.64 Å². The third-order valence-corrected chi connectivity index (χ3v) is 5.81. The molecule has 2 aliphatic rings. The van der Waals surface area contributed by atoms with E-state index in [1.54, 1.807) is 0 Å². The van der Waals surface area contributed by atoms with Crippen molar-refractivity contribution in [2.24, 2.45) is 4.99 Å². The molecule has 4 rings (SSSR count). The molecule has 0 spiro atoms. The van der Waals surface area contributed by atoms with Crippen LogP contribution in [0.1, 0.15) is 12.5 Å². The molecule has 6 heteroatoms. The van der Waals surface area contributed by atoms with E-state index in [1.165, 1.54) is 17.4 Å². The van der Waals surface area contributed by atoms with Crippen LogP contribution in [0.5, 0.6) is 5.75 Å². The van der Waals surface area contributed by atoms with Crippen molar-refractivity contribution in [1.29, 1.82) is 0 Å². The fourth-order valence-corrected chi connectivity index (χ4v) is 4.27. The van der Waals surface area contributed by atoms with Crippen molar-refractivity contribution in [1.82, 2.24) is 4.90 Å². The van der Waals surface area contributed by atoms with Gasteiger partial charge in [0, 0.05) is 31.9 Å². The lowest BCUT2D eigenvalue weighted by molar-refractivity contribution is -0.113. The van der Waals surface area contributed by atoms with Crippen molar-refractivity contribution in [3.05, 3.63) is 65.1 Å². The van der Waals surface area contributed by atoms with Crippen LogP contribution in [0.2, 0.25) is 0 Å². The summed E-state index contributed by atoms with van der Waals surface area (Å²) < 4.78 is 5.46. The zero-order valence-electron chi connectivity index (χ0n) is 15.9. The average Bonchev–Trinajstić information content (AvgIpc) is 3.11. The van der Waals surface area contributed by atoms with Gasteiger partial charge in [0.15, 0.2) is 5.17 Å². The van der Waals surface area contributed by atoms with E-state index >= 15 is 0 Å². The van der Waals surface area contributed by atoms with Gasteiger partial charge in [-0.2, -0.15) is 4.99 Å². The van der Waals surface area contributed by atoms with Gasteiger partial charge in [-0.15, -0.1) is 0 Å². The van der Waals surface area contributed by atoms with Crippen molar-refractivity contribution < 1.29 is 9.53 Å². The number of amidine groups is 1. The molecule has 2 heterocycles. The van der Waals surface area contributed by atoms with Crippen LogP contribution in [0.3, 0.4) is 0 Å². The van der Waals surface area contributed by atoms with E-state index < -0.39 is 0 Å². The van der Waals surface area contributed by atoms with Gasteiger partial charge in [-0.1, -0.05) is 30.3 Å². The van der Waals surface area contributed by atoms with Gasteiger partial charge in [-0.25, -0.2) is 0 Å². The van der Waals surface area contributed by atoms with Gasteiger partial charge in [-0.05, 0) is 54.6 Å². The van der Waals surface area contributed by atoms with E-state index in [1.807, 2.05) is 43.3 Å². The number of hydrogen-bond donors (Lipinski definition) is 0. The highest BCUT2D eigenvalue weighted by molar-refractivity contribution is 8.18. The molecule has 5 nitrogen and oxygen atoms in total. The summed E-state index contributed by atoms with van der Waals surface area (Å²) in [7, 11) is 0. The predicted molar refractivity (Wildman–Crippen MR) is 116 cm³/mol. The second-order valence-electron chi connectivity index (χ2n) is 6.62. The summed E-state index contributed by atoms with van der Waals surface area (Å²) in [5, 5.41) is 0.815. The summed E-state index contributed by atoms with van der Waals surface area (Å²) in [5.74, 6) is 0.683. The molecule has 1 fully saturated rings. The molecule has 1 amide bonds. The number of benzene rings is 2. The van der Waals surface area contributed by atoms with Gasteiger partial charge < -0.3 is 14.5 Å². The van der Waals surface area contributed by atoms with Gasteiger partial charge in [0.25, 0.3) is 5.91 Å². The van der Waals surface area contributed by atoms with E-state index in [-0.39, 0.29) is 5.91 Å². The first kappa shape index (κ1) is 18.6. The number of hydrogen-bond acceptors (Lipinski definition) is 5. The van der Waals surface area contributed by atoms with Crippen LogP contribution in [0, 0.1) is 0 Å². The number of aliphatic imine (C=N–C) groups is 1. The van der Waals surface area contributed by atoms with E-state index in [0.717, 1.165) is 42.7 Å². The number of nitrogens with zero attached hydrogens (tertiary/aromatic N) is 3. The number of carbonyl (C=O) groups is 1. The van der Waals surface area contributed by atoms with E-state index in [2.05, 4.69) is 39.1 Å². The van der Waals surface area contributed by atoms with Crippen molar-refractivity contribution in [2.75, 3.05) is 37.7 Å². The molecule has 0 aliphatic carbocycles. The smallest absolute Gasteiger partial charge is 0.286 e. The molecule has 0 N–H and O–H groups in total. The summed E-state index contributed by atoms with van der Waals surface area (Å²) in [5.41, 5.74) is 2.22. The summed E-state index contributed by atoms with van der Waals surface area (Å²) in [6.07, 6.45) is 1.90. The second-order valence-corrected chi connectivity index (χ2v) is 7.63. The minimum atomic E-state index is -0.153. The Morgan fingerprint density at radius 1 is 1.00 bits per heavy atom. The molecule has 2 aromatic rings. The maximum Gasteiger partial charge on any atom is 0.286 e. The summed E-state index contributed by atoms with van der Waals surface area (Å²) in [6.45, 7) is 6.19. The molecule has 2 aromatic carbocycles. The van der Waals surface area contributed by atoms with Crippen LogP contribution in [0.15, 0.2) is 64.5 Å². The Labute approximate surface area is 169 Å². The molecule has 0 saturated carbocycles. The van der Waals surface area contributed by atoms with Crippen LogP contribution in [0.25, 0.3) is 6.08 Å². The van der Waals surface area contributed by atoms with E-state index in [9.17, 15) is 4.79 Å². The van der Waals surface area contributed by atoms with Crippen molar-refractivity contribution in [3.63, 3.8) is 0 Å². The molecule has 0 radical (unpaired) electrons. The summed E-state index contributed by atoms with van der Waals surface area (Å²) >= 11 is 1.47. The first-order valence-corrected chi connectivity index (χ1v) is 10.3. The zero-order valence-corrected chi connectivity index (χ0v) is 16.7. The highest BCUT2D eigenvalue weighted by Gasteiger charge is 2.28. The van der Waals surface area contributed by atoms with Crippen molar-refractivity contribution in [3.8, 4) is 5.75 Å². The molecule has 0 aromatic heterocycles. The first-order valence-electron chi connectivity index (χ1n) is 9.53. The number of amides is 1. The first-order chi connectivity index (χ1) is 13.7. The third kappa shape index (κ3) is 4.22. The minimum absolute atomic E-state index is 0.153. The molecule has 0 atom stereocenters. The number of anilines is 1. The Morgan fingerprint density at radius 2 is 1.68 bits per heavy atom. The normalized spacial score (nSPS) is 18.5. The highest BCUT2D eigenvalue weighted by atomic mass is 32.2. The fourth-order valence-electron chi connectivity index (χ4n) is 3.31. The van der Waals surface area contributed by atoms with E-state index in [4.69, 9.17) is 4.74 Å². The van der Waals surface area contributed by atoms with Crippen LogP contribution in [0.4, 0.5) is 5.69 Å². The molecule has 0 bridgehead atoms. The highest BCUT2D eigenvalue weighted by Crippen LogP contribution is 2.31. The number of para-hydroxylation sites is 1. The molecular weight excluding hydrogens is 370 g/mol. The Kier molecular flexibility index (Phi) is 5.67. The molecule has 28 heavy (non-hydrogen) atoms. The standard InChI is InChI=1S/C22H23N3O2S/c1-2-27-19-10-8-17(9-11-19)16-20-21(26)23-22(28-20)25-14-12-24(13-15-25)18-6-4-3-5-7-18/h3-11,16H,2,12-15H2,1H3. The van der Waals surface area contributed by atoms with Crippen molar-refractivity contribution in [2.45, 2.75) is 6.92 Å². The predicted octanol–water partition coefficient (Wildman–Crippen LogP) is 3.88. The Hall–Kier alpha value is -2.73.